The van der Waals surface area contributed by atoms with E-state index in [0.29, 0.717) is 12.0 Å². The molecule has 5 rings (SSSR count). The molecule has 2 aliphatic carbocycles. The molecular formula is C21H24N2O. The van der Waals surface area contributed by atoms with Crippen LogP contribution in [-0.4, -0.2) is 22.5 Å². The quantitative estimate of drug-likeness (QED) is 0.820. The van der Waals surface area contributed by atoms with Crippen molar-refractivity contribution < 1.29 is 4.79 Å². The number of carbonyl (C=O) groups is 1. The summed E-state index contributed by atoms with van der Waals surface area (Å²) < 4.78 is 0. The van der Waals surface area contributed by atoms with Crippen LogP contribution in [0, 0.1) is 11.8 Å². The molecule has 1 aliphatic heterocycles. The number of hydrazine groups is 1. The topological polar surface area (TPSA) is 23.6 Å². The van der Waals surface area contributed by atoms with Crippen LogP contribution in [0.5, 0.6) is 0 Å². The van der Waals surface area contributed by atoms with E-state index in [1.54, 1.807) is 0 Å². The second-order valence-electron chi connectivity index (χ2n) is 8.26. The molecule has 2 bridgehead atoms. The molecule has 1 heterocycles. The first kappa shape index (κ1) is 14.3. The Bertz CT molecular complexity index is 822. The molecule has 0 aromatic heterocycles. The highest BCUT2D eigenvalue weighted by Crippen LogP contribution is 2.51. The van der Waals surface area contributed by atoms with E-state index >= 15 is 0 Å². The number of amides is 1. The van der Waals surface area contributed by atoms with Gasteiger partial charge in [-0.25, -0.2) is 5.01 Å². The van der Waals surface area contributed by atoms with E-state index in [0.717, 1.165) is 5.92 Å². The number of fused-ring (bicyclic) bond motifs is 3. The standard InChI is InChI=1S/C21H24N2O/c1-21(2)20(24)22(19-13-14-10-11-16(19)12-14)23(21)18-9-5-7-15-6-3-4-8-17(15)18/h3-9,14,16,19H,10-13H2,1-2H3. The summed E-state index contributed by atoms with van der Waals surface area (Å²) >= 11 is 0. The van der Waals surface area contributed by atoms with E-state index in [9.17, 15) is 4.79 Å². The summed E-state index contributed by atoms with van der Waals surface area (Å²) in [5.74, 6) is 1.83. The van der Waals surface area contributed by atoms with Crippen LogP contribution in [0.1, 0.15) is 39.5 Å². The fraction of sp³-hybridized carbons (Fsp3) is 0.476. The molecule has 3 aliphatic rings. The van der Waals surface area contributed by atoms with Crippen molar-refractivity contribution in [3.8, 4) is 0 Å². The van der Waals surface area contributed by atoms with E-state index in [4.69, 9.17) is 0 Å². The minimum absolute atomic E-state index is 0.285. The van der Waals surface area contributed by atoms with Gasteiger partial charge in [-0.05, 0) is 56.4 Å². The molecule has 3 atom stereocenters. The SMILES string of the molecule is CC1(C)C(=O)N(C2CC3CCC2C3)N1c1cccc2ccccc12. The summed E-state index contributed by atoms with van der Waals surface area (Å²) in [7, 11) is 0. The van der Waals surface area contributed by atoms with Crippen molar-refractivity contribution in [1.82, 2.24) is 5.01 Å². The van der Waals surface area contributed by atoms with Gasteiger partial charge in [0, 0.05) is 5.39 Å². The van der Waals surface area contributed by atoms with Gasteiger partial charge < -0.3 is 0 Å². The molecule has 3 fully saturated rings. The lowest BCUT2D eigenvalue weighted by atomic mass is 9.88. The van der Waals surface area contributed by atoms with Gasteiger partial charge in [-0.2, -0.15) is 0 Å². The van der Waals surface area contributed by atoms with Crippen LogP contribution in [0.2, 0.25) is 0 Å². The van der Waals surface area contributed by atoms with E-state index in [1.165, 1.54) is 42.1 Å². The summed E-state index contributed by atoms with van der Waals surface area (Å²) in [6.07, 6.45) is 5.16. The first-order chi connectivity index (χ1) is 11.6. The normalized spacial score (nSPS) is 30.9. The Morgan fingerprint density at radius 3 is 2.54 bits per heavy atom. The third-order valence-electron chi connectivity index (χ3n) is 6.49. The fourth-order valence-corrected chi connectivity index (χ4v) is 5.31. The smallest absolute Gasteiger partial charge is 0.268 e. The molecule has 2 saturated carbocycles. The second kappa shape index (κ2) is 4.75. The van der Waals surface area contributed by atoms with E-state index in [1.807, 2.05) is 0 Å². The van der Waals surface area contributed by atoms with Crippen LogP contribution < -0.4 is 5.01 Å². The minimum atomic E-state index is -0.452. The number of hydrogen-bond donors (Lipinski definition) is 0. The average molecular weight is 320 g/mol. The van der Waals surface area contributed by atoms with Crippen LogP contribution in [0.15, 0.2) is 42.5 Å². The van der Waals surface area contributed by atoms with Gasteiger partial charge in [0.15, 0.2) is 0 Å². The molecular weight excluding hydrogens is 296 g/mol. The maximum Gasteiger partial charge on any atom is 0.268 e. The van der Waals surface area contributed by atoms with Crippen molar-refractivity contribution in [2.45, 2.75) is 51.1 Å². The summed E-state index contributed by atoms with van der Waals surface area (Å²) in [5.41, 5.74) is 0.715. The van der Waals surface area contributed by atoms with Crippen LogP contribution in [0.25, 0.3) is 10.8 Å². The Morgan fingerprint density at radius 1 is 1.00 bits per heavy atom. The maximum absolute atomic E-state index is 13.0. The Morgan fingerprint density at radius 2 is 1.79 bits per heavy atom. The van der Waals surface area contributed by atoms with Gasteiger partial charge >= 0.3 is 0 Å². The van der Waals surface area contributed by atoms with Gasteiger partial charge in [0.2, 0.25) is 0 Å². The molecule has 2 aromatic rings. The molecule has 3 heteroatoms. The number of anilines is 1. The molecule has 24 heavy (non-hydrogen) atoms. The van der Waals surface area contributed by atoms with Gasteiger partial charge in [-0.1, -0.05) is 42.8 Å². The minimum Gasteiger partial charge on any atom is -0.270 e. The Hall–Kier alpha value is -2.03. The fourth-order valence-electron chi connectivity index (χ4n) is 5.31. The second-order valence-corrected chi connectivity index (χ2v) is 8.26. The maximum atomic E-state index is 13.0. The Kier molecular flexibility index (Phi) is 2.83. The lowest BCUT2D eigenvalue weighted by Gasteiger charge is -2.60. The van der Waals surface area contributed by atoms with E-state index < -0.39 is 5.54 Å². The van der Waals surface area contributed by atoms with Crippen molar-refractivity contribution in [3.05, 3.63) is 42.5 Å². The van der Waals surface area contributed by atoms with Gasteiger partial charge in [0.1, 0.15) is 5.54 Å². The number of hydrogen-bond acceptors (Lipinski definition) is 2. The van der Waals surface area contributed by atoms with Gasteiger partial charge in [-0.15, -0.1) is 0 Å². The van der Waals surface area contributed by atoms with Crippen LogP contribution in [0.4, 0.5) is 5.69 Å². The highest BCUT2D eigenvalue weighted by molar-refractivity contribution is 6.03. The average Bonchev–Trinajstić information content (AvgIpc) is 3.21. The van der Waals surface area contributed by atoms with E-state index in [-0.39, 0.29) is 5.91 Å². The third kappa shape index (κ3) is 1.76. The lowest BCUT2D eigenvalue weighted by molar-refractivity contribution is -0.157. The Balaban J connectivity index is 1.60. The van der Waals surface area contributed by atoms with Gasteiger partial charge in [-0.3, -0.25) is 9.80 Å². The molecule has 0 N–H and O–H groups in total. The summed E-state index contributed by atoms with van der Waals surface area (Å²) in [6.45, 7) is 4.11. The predicted molar refractivity (Wildman–Crippen MR) is 96.6 cm³/mol. The van der Waals surface area contributed by atoms with Crippen molar-refractivity contribution in [2.75, 3.05) is 5.01 Å². The molecule has 2 aromatic carbocycles. The summed E-state index contributed by atoms with van der Waals surface area (Å²) in [4.78, 5) is 13.0. The number of rotatable bonds is 2. The third-order valence-corrected chi connectivity index (χ3v) is 6.49. The molecule has 0 spiro atoms. The molecule has 3 unspecified atom stereocenters. The highest BCUT2D eigenvalue weighted by atomic mass is 16.2. The highest BCUT2D eigenvalue weighted by Gasteiger charge is 2.58. The summed E-state index contributed by atoms with van der Waals surface area (Å²) in [5, 5.41) is 6.85. The monoisotopic (exact) mass is 320 g/mol. The number of carbonyl (C=O) groups excluding carboxylic acids is 1. The zero-order valence-electron chi connectivity index (χ0n) is 14.4. The lowest BCUT2D eigenvalue weighted by Crippen LogP contribution is -2.78. The van der Waals surface area contributed by atoms with Crippen LogP contribution >= 0.6 is 0 Å². The zero-order chi connectivity index (χ0) is 16.5. The van der Waals surface area contributed by atoms with Crippen LogP contribution in [-0.2, 0) is 4.79 Å². The zero-order valence-corrected chi connectivity index (χ0v) is 14.4. The van der Waals surface area contributed by atoms with Gasteiger partial charge in [0.25, 0.3) is 5.91 Å². The molecule has 1 saturated heterocycles. The number of nitrogens with zero attached hydrogens (tertiary/aromatic N) is 2. The van der Waals surface area contributed by atoms with Gasteiger partial charge in [0.05, 0.1) is 11.7 Å². The van der Waals surface area contributed by atoms with Crippen molar-refractivity contribution in [1.29, 1.82) is 0 Å². The molecule has 0 radical (unpaired) electrons. The van der Waals surface area contributed by atoms with E-state index in [2.05, 4.69) is 66.3 Å². The van der Waals surface area contributed by atoms with Crippen LogP contribution in [0.3, 0.4) is 0 Å². The first-order valence-corrected chi connectivity index (χ1v) is 9.19. The van der Waals surface area contributed by atoms with Crippen molar-refractivity contribution in [2.24, 2.45) is 11.8 Å². The number of benzene rings is 2. The van der Waals surface area contributed by atoms with Crippen molar-refractivity contribution >= 4 is 22.4 Å². The Labute approximate surface area is 143 Å². The molecule has 3 nitrogen and oxygen atoms in total. The first-order valence-electron chi connectivity index (χ1n) is 9.19. The molecule has 124 valence electrons. The predicted octanol–water partition coefficient (Wildman–Crippen LogP) is 4.37. The van der Waals surface area contributed by atoms with Crippen molar-refractivity contribution in [3.63, 3.8) is 0 Å². The largest absolute Gasteiger partial charge is 0.270 e. The molecule has 1 amide bonds. The summed E-state index contributed by atoms with van der Waals surface area (Å²) in [6, 6.07) is 15.3.